The van der Waals surface area contributed by atoms with E-state index in [1.165, 1.54) is 6.42 Å². The lowest BCUT2D eigenvalue weighted by atomic mass is 9.94. The predicted octanol–water partition coefficient (Wildman–Crippen LogP) is 5.06. The minimum atomic E-state index is 0.266. The highest BCUT2D eigenvalue weighted by Gasteiger charge is 2.14. The molecule has 0 saturated heterocycles. The molecule has 0 aliphatic carbocycles. The van der Waals surface area contributed by atoms with E-state index in [-0.39, 0.29) is 5.75 Å². The molecule has 1 rings (SSSR count). The van der Waals surface area contributed by atoms with E-state index in [2.05, 4.69) is 27.4 Å². The third kappa shape index (κ3) is 4.98. The smallest absolute Gasteiger partial charge is 0.130 e. The highest BCUT2D eigenvalue weighted by atomic mass is 16.5. The molecule has 0 heterocycles. The van der Waals surface area contributed by atoms with E-state index in [0.29, 0.717) is 11.8 Å². The standard InChI is InChI=1S/C17H26O2/c1-6-15(8-7-12(2)3)14(5)19-17-10-9-16(18)11-13(17)4/h9-12,15,18H,5-8H2,1-4H3. The summed E-state index contributed by atoms with van der Waals surface area (Å²) in [4.78, 5) is 0. The van der Waals surface area contributed by atoms with Crippen molar-refractivity contribution in [3.05, 3.63) is 36.1 Å². The van der Waals surface area contributed by atoms with E-state index in [0.717, 1.165) is 29.9 Å². The van der Waals surface area contributed by atoms with E-state index in [1.54, 1.807) is 18.2 Å². The van der Waals surface area contributed by atoms with Crippen LogP contribution in [0.5, 0.6) is 11.5 Å². The maximum atomic E-state index is 9.39. The number of allylic oxidation sites excluding steroid dienone is 1. The Morgan fingerprint density at radius 2 is 2.00 bits per heavy atom. The average molecular weight is 262 g/mol. The first-order valence-electron chi connectivity index (χ1n) is 7.10. The Morgan fingerprint density at radius 1 is 1.32 bits per heavy atom. The van der Waals surface area contributed by atoms with Crippen molar-refractivity contribution in [1.29, 1.82) is 0 Å². The number of ether oxygens (including phenoxy) is 1. The minimum absolute atomic E-state index is 0.266. The first kappa shape index (κ1) is 15.6. The molecule has 0 saturated carbocycles. The van der Waals surface area contributed by atoms with Crippen molar-refractivity contribution in [1.82, 2.24) is 0 Å². The van der Waals surface area contributed by atoms with Gasteiger partial charge in [-0.1, -0.05) is 33.8 Å². The Balaban J connectivity index is 2.66. The Kier molecular flexibility index (Phi) is 5.94. The van der Waals surface area contributed by atoms with E-state index in [4.69, 9.17) is 4.74 Å². The highest BCUT2D eigenvalue weighted by Crippen LogP contribution is 2.28. The summed E-state index contributed by atoms with van der Waals surface area (Å²) in [6, 6.07) is 5.15. The molecule has 0 bridgehead atoms. The zero-order valence-electron chi connectivity index (χ0n) is 12.6. The summed E-state index contributed by atoms with van der Waals surface area (Å²) in [5, 5.41) is 9.39. The number of hydrogen-bond donors (Lipinski definition) is 1. The van der Waals surface area contributed by atoms with E-state index in [9.17, 15) is 5.11 Å². The van der Waals surface area contributed by atoms with Gasteiger partial charge in [0.15, 0.2) is 0 Å². The molecular formula is C17H26O2. The summed E-state index contributed by atoms with van der Waals surface area (Å²) in [6.45, 7) is 12.6. The summed E-state index contributed by atoms with van der Waals surface area (Å²) < 4.78 is 5.88. The van der Waals surface area contributed by atoms with Crippen molar-refractivity contribution in [2.45, 2.75) is 47.0 Å². The molecule has 1 unspecified atom stereocenters. The molecule has 1 N–H and O–H groups in total. The number of phenols is 1. The van der Waals surface area contributed by atoms with Gasteiger partial charge >= 0.3 is 0 Å². The maximum absolute atomic E-state index is 9.39. The van der Waals surface area contributed by atoms with E-state index in [1.807, 2.05) is 6.92 Å². The van der Waals surface area contributed by atoms with Crippen LogP contribution in [0.15, 0.2) is 30.5 Å². The van der Waals surface area contributed by atoms with Gasteiger partial charge in [0.1, 0.15) is 11.5 Å². The van der Waals surface area contributed by atoms with Crippen LogP contribution in [0.25, 0.3) is 0 Å². The zero-order chi connectivity index (χ0) is 14.4. The Bertz CT molecular complexity index is 421. The van der Waals surface area contributed by atoms with Gasteiger partial charge < -0.3 is 9.84 Å². The molecule has 19 heavy (non-hydrogen) atoms. The highest BCUT2D eigenvalue weighted by molar-refractivity contribution is 5.39. The summed E-state index contributed by atoms with van der Waals surface area (Å²) in [5.74, 6) is 2.98. The summed E-state index contributed by atoms with van der Waals surface area (Å²) in [6.07, 6.45) is 3.35. The van der Waals surface area contributed by atoms with Crippen LogP contribution in [0, 0.1) is 18.8 Å². The molecule has 1 atom stereocenters. The second kappa shape index (κ2) is 7.22. The molecule has 1 aromatic rings. The van der Waals surface area contributed by atoms with Crippen molar-refractivity contribution >= 4 is 0 Å². The number of aromatic hydroxyl groups is 1. The van der Waals surface area contributed by atoms with Gasteiger partial charge in [-0.15, -0.1) is 0 Å². The fourth-order valence-corrected chi connectivity index (χ4v) is 2.10. The SMILES string of the molecule is C=C(Oc1ccc(O)cc1C)C(CC)CCC(C)C. The first-order chi connectivity index (χ1) is 8.93. The number of hydrogen-bond acceptors (Lipinski definition) is 2. The molecular weight excluding hydrogens is 236 g/mol. The molecule has 106 valence electrons. The Hall–Kier alpha value is -1.44. The number of phenolic OH excluding ortho intramolecular Hbond substituents is 1. The second-order valence-electron chi connectivity index (χ2n) is 5.59. The lowest BCUT2D eigenvalue weighted by molar-refractivity contribution is 0.316. The summed E-state index contributed by atoms with van der Waals surface area (Å²) in [5.41, 5.74) is 0.930. The number of rotatable bonds is 7. The van der Waals surface area contributed by atoms with Crippen molar-refractivity contribution in [3.63, 3.8) is 0 Å². The molecule has 0 radical (unpaired) electrons. The predicted molar refractivity (Wildman–Crippen MR) is 80.5 cm³/mol. The zero-order valence-corrected chi connectivity index (χ0v) is 12.6. The monoisotopic (exact) mass is 262 g/mol. The molecule has 0 aliphatic heterocycles. The van der Waals surface area contributed by atoms with Crippen molar-refractivity contribution in [2.75, 3.05) is 0 Å². The molecule has 2 heteroatoms. The van der Waals surface area contributed by atoms with Gasteiger partial charge in [-0.25, -0.2) is 0 Å². The minimum Gasteiger partial charge on any atom is -0.508 e. The average Bonchev–Trinajstić information content (AvgIpc) is 2.33. The van der Waals surface area contributed by atoms with Crippen molar-refractivity contribution in [3.8, 4) is 11.5 Å². The van der Waals surface area contributed by atoms with Gasteiger partial charge in [0.05, 0.1) is 5.76 Å². The number of benzene rings is 1. The number of aryl methyl sites for hydroxylation is 1. The molecule has 0 aliphatic rings. The van der Waals surface area contributed by atoms with Crippen LogP contribution in [0.1, 0.15) is 45.6 Å². The molecule has 1 aromatic carbocycles. The van der Waals surface area contributed by atoms with Gasteiger partial charge in [-0.3, -0.25) is 0 Å². The molecule has 0 spiro atoms. The van der Waals surface area contributed by atoms with Crippen LogP contribution in [-0.4, -0.2) is 5.11 Å². The van der Waals surface area contributed by atoms with Crippen molar-refractivity contribution < 1.29 is 9.84 Å². The third-order valence-electron chi connectivity index (χ3n) is 3.44. The lowest BCUT2D eigenvalue weighted by Gasteiger charge is -2.20. The van der Waals surface area contributed by atoms with Crippen LogP contribution in [-0.2, 0) is 0 Å². The summed E-state index contributed by atoms with van der Waals surface area (Å²) >= 11 is 0. The fraction of sp³-hybridized carbons (Fsp3) is 0.529. The maximum Gasteiger partial charge on any atom is 0.130 e. The lowest BCUT2D eigenvalue weighted by Crippen LogP contribution is -2.09. The van der Waals surface area contributed by atoms with Crippen LogP contribution < -0.4 is 4.74 Å². The summed E-state index contributed by atoms with van der Waals surface area (Å²) in [7, 11) is 0. The Labute approximate surface area is 117 Å². The molecule has 0 amide bonds. The van der Waals surface area contributed by atoms with Crippen LogP contribution in [0.3, 0.4) is 0 Å². The third-order valence-corrected chi connectivity index (χ3v) is 3.44. The fourth-order valence-electron chi connectivity index (χ4n) is 2.10. The molecule has 0 fully saturated rings. The van der Waals surface area contributed by atoms with E-state index < -0.39 is 0 Å². The van der Waals surface area contributed by atoms with Gasteiger partial charge in [0.25, 0.3) is 0 Å². The van der Waals surface area contributed by atoms with Crippen LogP contribution in [0.4, 0.5) is 0 Å². The largest absolute Gasteiger partial charge is 0.508 e. The van der Waals surface area contributed by atoms with Gasteiger partial charge in [-0.05, 0) is 49.4 Å². The quantitative estimate of drug-likeness (QED) is 0.696. The van der Waals surface area contributed by atoms with Crippen molar-refractivity contribution in [2.24, 2.45) is 11.8 Å². The topological polar surface area (TPSA) is 29.5 Å². The van der Waals surface area contributed by atoms with Gasteiger partial charge in [-0.2, -0.15) is 0 Å². The molecule has 0 aromatic heterocycles. The van der Waals surface area contributed by atoms with Crippen LogP contribution >= 0.6 is 0 Å². The first-order valence-corrected chi connectivity index (χ1v) is 7.10. The van der Waals surface area contributed by atoms with E-state index >= 15 is 0 Å². The normalized spacial score (nSPS) is 12.5. The Morgan fingerprint density at radius 3 is 2.53 bits per heavy atom. The van der Waals surface area contributed by atoms with Crippen LogP contribution in [0.2, 0.25) is 0 Å². The van der Waals surface area contributed by atoms with Gasteiger partial charge in [0, 0.05) is 5.92 Å². The molecule has 2 nitrogen and oxygen atoms in total. The second-order valence-corrected chi connectivity index (χ2v) is 5.59. The van der Waals surface area contributed by atoms with Gasteiger partial charge in [0.2, 0.25) is 0 Å².